The smallest absolute Gasteiger partial charge is 0.0506 e. The zero-order valence-corrected chi connectivity index (χ0v) is 11.1. The molecule has 0 radical (unpaired) electrons. The molecule has 0 aliphatic rings. The Balaban J connectivity index is 2.14. The Morgan fingerprint density at radius 3 is 2.53 bits per heavy atom. The van der Waals surface area contributed by atoms with Gasteiger partial charge in [0, 0.05) is 23.3 Å². The van der Waals surface area contributed by atoms with Crippen LogP contribution < -0.4 is 5.73 Å². The van der Waals surface area contributed by atoms with Gasteiger partial charge in [0.05, 0.1) is 5.52 Å². The van der Waals surface area contributed by atoms with Crippen molar-refractivity contribution < 1.29 is 0 Å². The summed E-state index contributed by atoms with van der Waals surface area (Å²) in [5, 5.41) is 1.16. The number of nitrogen functional groups attached to an aromatic ring is 1. The maximum Gasteiger partial charge on any atom is 0.0506 e. The Morgan fingerprint density at radius 1 is 1.00 bits per heavy atom. The molecule has 2 heteroatoms. The van der Waals surface area contributed by atoms with Gasteiger partial charge in [-0.15, -0.1) is 0 Å². The average molecular weight is 250 g/mol. The standard InChI is InChI=1S/C17H18N2/c1-2-14-11-15-16(18)9-6-10-17(15)19(14)12-13-7-4-3-5-8-13/h3-11H,2,12,18H2,1H3. The predicted molar refractivity (Wildman–Crippen MR) is 81.3 cm³/mol. The first-order chi connectivity index (χ1) is 9.29. The second-order valence-corrected chi connectivity index (χ2v) is 4.84. The number of nitrogens with zero attached hydrogens (tertiary/aromatic N) is 1. The third-order valence-corrected chi connectivity index (χ3v) is 3.61. The second-order valence-electron chi connectivity index (χ2n) is 4.84. The van der Waals surface area contributed by atoms with E-state index < -0.39 is 0 Å². The third-order valence-electron chi connectivity index (χ3n) is 3.61. The number of aryl methyl sites for hydroxylation is 1. The summed E-state index contributed by atoms with van der Waals surface area (Å²) in [6.45, 7) is 3.09. The number of hydrogen-bond donors (Lipinski definition) is 1. The largest absolute Gasteiger partial charge is 0.398 e. The second kappa shape index (κ2) is 4.81. The van der Waals surface area contributed by atoms with Gasteiger partial charge in [-0.1, -0.05) is 43.3 Å². The lowest BCUT2D eigenvalue weighted by atomic mass is 10.2. The van der Waals surface area contributed by atoms with Gasteiger partial charge >= 0.3 is 0 Å². The number of rotatable bonds is 3. The molecule has 2 nitrogen and oxygen atoms in total. The van der Waals surface area contributed by atoms with Gasteiger partial charge in [-0.05, 0) is 30.2 Å². The molecule has 2 aromatic carbocycles. The highest BCUT2D eigenvalue weighted by atomic mass is 15.0. The van der Waals surface area contributed by atoms with Crippen LogP contribution in [0.2, 0.25) is 0 Å². The fourth-order valence-corrected chi connectivity index (χ4v) is 2.61. The summed E-state index contributed by atoms with van der Waals surface area (Å²) in [4.78, 5) is 0. The molecule has 0 saturated carbocycles. The minimum atomic E-state index is 0.860. The van der Waals surface area contributed by atoms with Crippen molar-refractivity contribution in [2.24, 2.45) is 0 Å². The van der Waals surface area contributed by atoms with Crippen molar-refractivity contribution in [3.63, 3.8) is 0 Å². The predicted octanol–water partition coefficient (Wildman–Crippen LogP) is 3.83. The van der Waals surface area contributed by atoms with Crippen molar-refractivity contribution in [3.05, 3.63) is 65.9 Å². The summed E-state index contributed by atoms with van der Waals surface area (Å²) in [5.41, 5.74) is 10.8. The first-order valence-corrected chi connectivity index (χ1v) is 6.70. The van der Waals surface area contributed by atoms with Gasteiger partial charge in [-0.3, -0.25) is 0 Å². The molecule has 1 heterocycles. The van der Waals surface area contributed by atoms with Crippen molar-refractivity contribution in [3.8, 4) is 0 Å². The molecule has 1 aromatic heterocycles. The van der Waals surface area contributed by atoms with Crippen LogP contribution >= 0.6 is 0 Å². The number of nitrogens with two attached hydrogens (primary N) is 1. The van der Waals surface area contributed by atoms with E-state index in [9.17, 15) is 0 Å². The summed E-state index contributed by atoms with van der Waals surface area (Å²) in [6.07, 6.45) is 1.01. The van der Waals surface area contributed by atoms with E-state index >= 15 is 0 Å². The highest BCUT2D eigenvalue weighted by Gasteiger charge is 2.09. The van der Waals surface area contributed by atoms with Crippen LogP contribution in [0.5, 0.6) is 0 Å². The van der Waals surface area contributed by atoms with E-state index in [4.69, 9.17) is 5.73 Å². The number of anilines is 1. The first-order valence-electron chi connectivity index (χ1n) is 6.70. The molecule has 0 unspecified atom stereocenters. The topological polar surface area (TPSA) is 30.9 Å². The van der Waals surface area contributed by atoms with Crippen molar-refractivity contribution in [2.75, 3.05) is 5.73 Å². The summed E-state index contributed by atoms with van der Waals surface area (Å²) in [7, 11) is 0. The van der Waals surface area contributed by atoms with Crippen LogP contribution in [-0.4, -0.2) is 4.57 Å². The van der Waals surface area contributed by atoms with Crippen LogP contribution in [0.4, 0.5) is 5.69 Å². The Labute approximate surface area is 113 Å². The fraction of sp³-hybridized carbons (Fsp3) is 0.176. The lowest BCUT2D eigenvalue weighted by Crippen LogP contribution is -2.03. The molecule has 0 aliphatic carbocycles. The number of hydrogen-bond acceptors (Lipinski definition) is 1. The van der Waals surface area contributed by atoms with Gasteiger partial charge in [0.15, 0.2) is 0 Å². The Morgan fingerprint density at radius 2 is 1.79 bits per heavy atom. The SMILES string of the molecule is CCc1cc2c(N)cccc2n1Cc1ccccc1. The van der Waals surface area contributed by atoms with Crippen molar-refractivity contribution in [2.45, 2.75) is 19.9 Å². The van der Waals surface area contributed by atoms with Crippen LogP contribution in [0.1, 0.15) is 18.2 Å². The van der Waals surface area contributed by atoms with E-state index in [2.05, 4.69) is 54.0 Å². The molecule has 0 bridgehead atoms. The molecule has 3 rings (SSSR count). The molecular formula is C17H18N2. The number of benzene rings is 2. The van der Waals surface area contributed by atoms with Crippen LogP contribution in [-0.2, 0) is 13.0 Å². The Hall–Kier alpha value is -2.22. The maximum absolute atomic E-state index is 6.07. The van der Waals surface area contributed by atoms with Crippen LogP contribution in [0.25, 0.3) is 10.9 Å². The Kier molecular flexibility index (Phi) is 3.00. The van der Waals surface area contributed by atoms with Gasteiger partial charge in [0.1, 0.15) is 0 Å². The molecule has 0 amide bonds. The van der Waals surface area contributed by atoms with E-state index in [1.54, 1.807) is 0 Å². The van der Waals surface area contributed by atoms with Gasteiger partial charge in [0.2, 0.25) is 0 Å². The normalized spacial score (nSPS) is 11.0. The lowest BCUT2D eigenvalue weighted by molar-refractivity contribution is 0.776. The first kappa shape index (κ1) is 11.8. The summed E-state index contributed by atoms with van der Waals surface area (Å²) < 4.78 is 2.36. The van der Waals surface area contributed by atoms with Gasteiger partial charge in [-0.25, -0.2) is 0 Å². The van der Waals surface area contributed by atoms with Gasteiger partial charge in [0.25, 0.3) is 0 Å². The van der Waals surface area contributed by atoms with Crippen molar-refractivity contribution in [1.82, 2.24) is 4.57 Å². The highest BCUT2D eigenvalue weighted by Crippen LogP contribution is 2.26. The van der Waals surface area contributed by atoms with E-state index in [0.717, 1.165) is 24.0 Å². The van der Waals surface area contributed by atoms with Gasteiger partial charge in [-0.2, -0.15) is 0 Å². The van der Waals surface area contributed by atoms with E-state index in [1.165, 1.54) is 16.8 Å². The minimum Gasteiger partial charge on any atom is -0.398 e. The van der Waals surface area contributed by atoms with Crippen molar-refractivity contribution >= 4 is 16.6 Å². The minimum absolute atomic E-state index is 0.860. The third kappa shape index (κ3) is 2.10. The van der Waals surface area contributed by atoms with E-state index in [1.807, 2.05) is 12.1 Å². The van der Waals surface area contributed by atoms with Crippen LogP contribution in [0, 0.1) is 0 Å². The summed E-state index contributed by atoms with van der Waals surface area (Å²) in [6, 6.07) is 18.9. The fourth-order valence-electron chi connectivity index (χ4n) is 2.61. The lowest BCUT2D eigenvalue weighted by Gasteiger charge is -2.10. The van der Waals surface area contributed by atoms with E-state index in [0.29, 0.717) is 0 Å². The maximum atomic E-state index is 6.07. The average Bonchev–Trinajstić information content (AvgIpc) is 2.80. The van der Waals surface area contributed by atoms with Crippen LogP contribution in [0.3, 0.4) is 0 Å². The molecule has 0 aliphatic heterocycles. The molecule has 96 valence electrons. The zero-order valence-electron chi connectivity index (χ0n) is 11.1. The highest BCUT2D eigenvalue weighted by molar-refractivity contribution is 5.92. The quantitative estimate of drug-likeness (QED) is 0.704. The molecule has 0 atom stereocenters. The monoisotopic (exact) mass is 250 g/mol. The molecule has 19 heavy (non-hydrogen) atoms. The molecule has 0 saturated heterocycles. The van der Waals surface area contributed by atoms with Crippen LogP contribution in [0.15, 0.2) is 54.6 Å². The Bertz CT molecular complexity index is 696. The van der Waals surface area contributed by atoms with Crippen molar-refractivity contribution in [1.29, 1.82) is 0 Å². The molecule has 0 spiro atoms. The van der Waals surface area contributed by atoms with Gasteiger partial charge < -0.3 is 10.3 Å². The zero-order chi connectivity index (χ0) is 13.2. The molecule has 0 fully saturated rings. The molecular weight excluding hydrogens is 232 g/mol. The summed E-state index contributed by atoms with van der Waals surface area (Å²) >= 11 is 0. The summed E-state index contributed by atoms with van der Waals surface area (Å²) in [5.74, 6) is 0. The molecule has 3 aromatic rings. The molecule has 2 N–H and O–H groups in total. The number of fused-ring (bicyclic) bond motifs is 1. The number of aromatic nitrogens is 1. The van der Waals surface area contributed by atoms with E-state index in [-0.39, 0.29) is 0 Å².